The summed E-state index contributed by atoms with van der Waals surface area (Å²) in [5.41, 5.74) is 6.55. The molecule has 2 N–H and O–H groups in total. The predicted octanol–water partition coefficient (Wildman–Crippen LogP) is 2.21. The summed E-state index contributed by atoms with van der Waals surface area (Å²) in [5, 5.41) is 0. The van der Waals surface area contributed by atoms with E-state index in [9.17, 15) is 4.79 Å². The predicted molar refractivity (Wildman–Crippen MR) is 72.7 cm³/mol. The van der Waals surface area contributed by atoms with Crippen molar-refractivity contribution >= 4 is 17.3 Å². The van der Waals surface area contributed by atoms with Crippen LogP contribution in [0, 0.1) is 5.41 Å². The molecule has 1 aromatic carbocycles. The van der Waals surface area contributed by atoms with Crippen LogP contribution in [0.5, 0.6) is 5.75 Å². The Bertz CT molecular complexity index is 495. The van der Waals surface area contributed by atoms with E-state index >= 15 is 0 Å². The van der Waals surface area contributed by atoms with Gasteiger partial charge in [-0.15, -0.1) is 6.58 Å². The standard InChI is InChI=1S/C14H18N2O2/c1-4-7-16-11-8-10(15)5-6-12(11)18-9-14(2,3)13(16)17/h4-6,8H,1,7,9,15H2,2-3H3. The van der Waals surface area contributed by atoms with Gasteiger partial charge in [0.15, 0.2) is 0 Å². The summed E-state index contributed by atoms with van der Waals surface area (Å²) in [6, 6.07) is 5.33. The van der Waals surface area contributed by atoms with Crippen LogP contribution in [0.25, 0.3) is 0 Å². The molecule has 0 fully saturated rings. The van der Waals surface area contributed by atoms with E-state index in [0.717, 1.165) is 0 Å². The number of carbonyl (C=O) groups excluding carboxylic acids is 1. The van der Waals surface area contributed by atoms with Gasteiger partial charge in [-0.3, -0.25) is 4.79 Å². The summed E-state index contributed by atoms with van der Waals surface area (Å²) >= 11 is 0. The smallest absolute Gasteiger partial charge is 0.236 e. The Labute approximate surface area is 107 Å². The monoisotopic (exact) mass is 246 g/mol. The molecule has 0 atom stereocenters. The molecule has 1 aromatic rings. The fraction of sp³-hybridized carbons (Fsp3) is 0.357. The molecule has 0 aromatic heterocycles. The van der Waals surface area contributed by atoms with Crippen LogP contribution in [0.15, 0.2) is 30.9 Å². The zero-order valence-corrected chi connectivity index (χ0v) is 10.8. The number of benzene rings is 1. The van der Waals surface area contributed by atoms with Gasteiger partial charge in [-0.2, -0.15) is 0 Å². The SMILES string of the molecule is C=CCN1C(=O)C(C)(C)COc2ccc(N)cc21. The van der Waals surface area contributed by atoms with Crippen LogP contribution < -0.4 is 15.4 Å². The Balaban J connectivity index is 2.54. The quantitative estimate of drug-likeness (QED) is 0.643. The minimum Gasteiger partial charge on any atom is -0.490 e. The fourth-order valence-electron chi connectivity index (χ4n) is 1.97. The Morgan fingerprint density at radius 1 is 1.56 bits per heavy atom. The Kier molecular flexibility index (Phi) is 3.03. The second kappa shape index (κ2) is 4.37. The molecule has 18 heavy (non-hydrogen) atoms. The number of amides is 1. The number of hydrogen-bond acceptors (Lipinski definition) is 3. The minimum atomic E-state index is -0.559. The van der Waals surface area contributed by atoms with Gasteiger partial charge in [-0.25, -0.2) is 0 Å². The van der Waals surface area contributed by atoms with E-state index in [1.807, 2.05) is 13.8 Å². The normalized spacial score (nSPS) is 17.7. The average molecular weight is 246 g/mol. The number of nitrogens with two attached hydrogens (primary N) is 1. The van der Waals surface area contributed by atoms with Gasteiger partial charge in [0.25, 0.3) is 0 Å². The highest BCUT2D eigenvalue weighted by molar-refractivity contribution is 5.99. The van der Waals surface area contributed by atoms with Crippen LogP contribution in [0.1, 0.15) is 13.8 Å². The average Bonchev–Trinajstić information content (AvgIpc) is 2.41. The van der Waals surface area contributed by atoms with E-state index in [2.05, 4.69) is 6.58 Å². The third-order valence-corrected chi connectivity index (χ3v) is 3.00. The number of fused-ring (bicyclic) bond motifs is 1. The second-order valence-corrected chi connectivity index (χ2v) is 5.10. The van der Waals surface area contributed by atoms with E-state index < -0.39 is 5.41 Å². The van der Waals surface area contributed by atoms with E-state index in [1.165, 1.54) is 0 Å². The van der Waals surface area contributed by atoms with Crippen molar-refractivity contribution in [3.63, 3.8) is 0 Å². The highest BCUT2D eigenvalue weighted by Gasteiger charge is 2.37. The van der Waals surface area contributed by atoms with Crippen molar-refractivity contribution in [2.24, 2.45) is 5.41 Å². The van der Waals surface area contributed by atoms with Gasteiger partial charge in [0, 0.05) is 12.2 Å². The molecule has 4 heteroatoms. The maximum absolute atomic E-state index is 12.5. The molecule has 4 nitrogen and oxygen atoms in total. The molecule has 1 aliphatic rings. The molecule has 0 saturated carbocycles. The Morgan fingerprint density at radius 3 is 2.94 bits per heavy atom. The Hall–Kier alpha value is -1.97. The molecule has 0 radical (unpaired) electrons. The lowest BCUT2D eigenvalue weighted by molar-refractivity contribution is -0.127. The van der Waals surface area contributed by atoms with Gasteiger partial charge in [-0.05, 0) is 32.0 Å². The van der Waals surface area contributed by atoms with Crippen LogP contribution in [-0.4, -0.2) is 19.1 Å². The van der Waals surface area contributed by atoms with E-state index in [0.29, 0.717) is 30.3 Å². The van der Waals surface area contributed by atoms with Gasteiger partial charge in [0.05, 0.1) is 11.1 Å². The van der Waals surface area contributed by atoms with Gasteiger partial charge in [-0.1, -0.05) is 6.08 Å². The fourth-order valence-corrected chi connectivity index (χ4v) is 1.97. The minimum absolute atomic E-state index is 0.0201. The summed E-state index contributed by atoms with van der Waals surface area (Å²) < 4.78 is 5.71. The Morgan fingerprint density at radius 2 is 2.28 bits per heavy atom. The van der Waals surface area contributed by atoms with Crippen molar-refractivity contribution in [2.45, 2.75) is 13.8 Å². The van der Waals surface area contributed by atoms with Gasteiger partial charge in [0.2, 0.25) is 5.91 Å². The lowest BCUT2D eigenvalue weighted by Crippen LogP contribution is -2.42. The highest BCUT2D eigenvalue weighted by atomic mass is 16.5. The molecule has 1 amide bonds. The first-order chi connectivity index (χ1) is 8.45. The topological polar surface area (TPSA) is 55.6 Å². The van der Waals surface area contributed by atoms with Gasteiger partial charge < -0.3 is 15.4 Å². The zero-order chi connectivity index (χ0) is 13.3. The van der Waals surface area contributed by atoms with Crippen LogP contribution in [0.2, 0.25) is 0 Å². The first-order valence-electron chi connectivity index (χ1n) is 5.91. The molecule has 1 aliphatic heterocycles. The molecule has 2 rings (SSSR count). The van der Waals surface area contributed by atoms with Crippen molar-refractivity contribution in [3.05, 3.63) is 30.9 Å². The molecule has 0 aliphatic carbocycles. The molecular formula is C14H18N2O2. The van der Waals surface area contributed by atoms with Crippen LogP contribution >= 0.6 is 0 Å². The molecular weight excluding hydrogens is 228 g/mol. The third kappa shape index (κ3) is 2.06. The molecule has 0 unspecified atom stereocenters. The van der Waals surface area contributed by atoms with Crippen molar-refractivity contribution in [1.29, 1.82) is 0 Å². The second-order valence-electron chi connectivity index (χ2n) is 5.10. The van der Waals surface area contributed by atoms with Crippen molar-refractivity contribution < 1.29 is 9.53 Å². The highest BCUT2D eigenvalue weighted by Crippen LogP contribution is 2.37. The van der Waals surface area contributed by atoms with Crippen LogP contribution in [0.3, 0.4) is 0 Å². The summed E-state index contributed by atoms with van der Waals surface area (Å²) in [5.74, 6) is 0.705. The molecule has 1 heterocycles. The van der Waals surface area contributed by atoms with Gasteiger partial charge >= 0.3 is 0 Å². The number of hydrogen-bond donors (Lipinski definition) is 1. The number of anilines is 2. The van der Waals surface area contributed by atoms with E-state index in [1.54, 1.807) is 29.2 Å². The van der Waals surface area contributed by atoms with E-state index in [-0.39, 0.29) is 5.91 Å². The number of rotatable bonds is 2. The third-order valence-electron chi connectivity index (χ3n) is 3.00. The maximum Gasteiger partial charge on any atom is 0.236 e. The lowest BCUT2D eigenvalue weighted by Gasteiger charge is -2.27. The van der Waals surface area contributed by atoms with Crippen LogP contribution in [-0.2, 0) is 4.79 Å². The molecule has 96 valence electrons. The molecule has 0 spiro atoms. The van der Waals surface area contributed by atoms with Gasteiger partial charge in [0.1, 0.15) is 12.4 Å². The first kappa shape index (κ1) is 12.5. The summed E-state index contributed by atoms with van der Waals surface area (Å²) in [7, 11) is 0. The van der Waals surface area contributed by atoms with Crippen LogP contribution in [0.4, 0.5) is 11.4 Å². The number of nitrogens with zero attached hydrogens (tertiary/aromatic N) is 1. The number of ether oxygens (including phenoxy) is 1. The molecule has 0 saturated heterocycles. The summed E-state index contributed by atoms with van der Waals surface area (Å²) in [6.45, 7) is 8.25. The largest absolute Gasteiger partial charge is 0.490 e. The summed E-state index contributed by atoms with van der Waals surface area (Å²) in [4.78, 5) is 14.2. The van der Waals surface area contributed by atoms with E-state index in [4.69, 9.17) is 10.5 Å². The van der Waals surface area contributed by atoms with Crippen molar-refractivity contribution in [3.8, 4) is 5.75 Å². The summed E-state index contributed by atoms with van der Waals surface area (Å²) in [6.07, 6.45) is 1.70. The maximum atomic E-state index is 12.5. The van der Waals surface area contributed by atoms with Crippen molar-refractivity contribution in [1.82, 2.24) is 0 Å². The van der Waals surface area contributed by atoms with Crippen molar-refractivity contribution in [2.75, 3.05) is 23.8 Å². The first-order valence-corrected chi connectivity index (χ1v) is 5.91. The number of carbonyl (C=O) groups is 1. The number of nitrogen functional groups attached to an aromatic ring is 1. The molecule has 0 bridgehead atoms. The zero-order valence-electron chi connectivity index (χ0n) is 10.8. The lowest BCUT2D eigenvalue weighted by atomic mass is 9.93.